The number of ether oxygens (including phenoxy) is 1. The van der Waals surface area contributed by atoms with Crippen LogP contribution in [0.25, 0.3) is 0 Å². The van der Waals surface area contributed by atoms with Crippen molar-refractivity contribution in [3.8, 4) is 11.5 Å². The summed E-state index contributed by atoms with van der Waals surface area (Å²) < 4.78 is 6.39. The predicted molar refractivity (Wildman–Crippen MR) is 179 cm³/mol. The fourth-order valence-electron chi connectivity index (χ4n) is 8.30. The van der Waals surface area contributed by atoms with E-state index in [2.05, 4.69) is 31.9 Å². The Balaban J connectivity index is 1.40. The molecule has 1 saturated carbocycles. The van der Waals surface area contributed by atoms with E-state index in [0.29, 0.717) is 32.3 Å². The number of allylic oxidation sites excluding steroid dienone is 2. The van der Waals surface area contributed by atoms with Crippen LogP contribution in [0.2, 0.25) is 0 Å². The number of aryl methyl sites for hydroxylation is 1. The number of hydrogen-bond donors (Lipinski definition) is 1. The number of phenolic OH excluding ortho intramolecular Hbond substituents is 1. The van der Waals surface area contributed by atoms with E-state index in [1.54, 1.807) is 30.3 Å². The summed E-state index contributed by atoms with van der Waals surface area (Å²) in [4.78, 5) is 59.8. The Kier molecular flexibility index (Phi) is 7.51. The summed E-state index contributed by atoms with van der Waals surface area (Å²) in [6, 6.07) is 18.1. The maximum Gasteiger partial charge on any atom is 0.241 e. The topological polar surface area (TPSA) is 104 Å². The number of rotatable bonds is 5. The Hall–Kier alpha value is -3.76. The highest BCUT2D eigenvalue weighted by Gasteiger charge is 2.68. The number of anilines is 2. The van der Waals surface area contributed by atoms with E-state index in [-0.39, 0.29) is 41.5 Å². The monoisotopic (exact) mass is 746 g/mol. The summed E-state index contributed by atoms with van der Waals surface area (Å²) in [7, 11) is 1.45. The molecule has 7 rings (SSSR count). The summed E-state index contributed by atoms with van der Waals surface area (Å²) in [5.41, 5.74) is 2.39. The lowest BCUT2D eigenvalue weighted by Crippen LogP contribution is -2.49. The van der Waals surface area contributed by atoms with Gasteiger partial charge in [-0.1, -0.05) is 48.9 Å². The minimum absolute atomic E-state index is 0.106. The first-order chi connectivity index (χ1) is 22.0. The SMILES string of the molecule is CCc1ccc(N2C(=O)C3CC=C4C(CC5C(=O)N(c6ccccc6)C(=O)C5(C)C4c4cc(OC)c(O)c(Br)c4Br)C3C2=O)cc1. The number of benzene rings is 3. The molecular weight excluding hydrogens is 716 g/mol. The zero-order chi connectivity index (χ0) is 32.7. The second-order valence-electron chi connectivity index (χ2n) is 12.7. The number of halogens is 2. The fourth-order valence-corrected chi connectivity index (χ4v) is 9.25. The Labute approximate surface area is 283 Å². The lowest BCUT2D eigenvalue weighted by Gasteiger charge is -2.49. The van der Waals surface area contributed by atoms with Crippen LogP contribution < -0.4 is 14.5 Å². The molecule has 3 fully saturated rings. The number of phenols is 1. The van der Waals surface area contributed by atoms with Crippen molar-refractivity contribution in [1.82, 2.24) is 0 Å². The van der Waals surface area contributed by atoms with Crippen molar-refractivity contribution >= 4 is 66.9 Å². The van der Waals surface area contributed by atoms with Gasteiger partial charge in [0.05, 0.1) is 46.1 Å². The molecule has 0 spiro atoms. The molecule has 3 aromatic carbocycles. The van der Waals surface area contributed by atoms with E-state index in [4.69, 9.17) is 4.74 Å². The molecule has 0 aromatic heterocycles. The van der Waals surface area contributed by atoms with Gasteiger partial charge in [-0.3, -0.25) is 24.1 Å². The Morgan fingerprint density at radius 3 is 2.22 bits per heavy atom. The standard InChI is InChI=1S/C36H32Br2N2O6/c1-4-18-10-12-20(13-11-18)39-32(42)22-15-14-21-23(27(22)34(39)44)16-25-33(43)40(19-8-6-5-7-9-19)35(45)36(25,2)28(21)24-17-26(46-3)31(41)30(38)29(24)37/h5-14,17,22-23,25,27-28,41H,4,15-16H2,1-3H3. The molecule has 0 radical (unpaired) electrons. The maximum absolute atomic E-state index is 14.6. The van der Waals surface area contributed by atoms with Crippen LogP contribution in [0.1, 0.15) is 43.7 Å². The van der Waals surface area contributed by atoms with Gasteiger partial charge in [-0.25, -0.2) is 4.90 Å². The zero-order valence-corrected chi connectivity index (χ0v) is 28.7. The third-order valence-electron chi connectivity index (χ3n) is 10.6. The molecule has 0 bridgehead atoms. The molecule has 2 aliphatic heterocycles. The molecular formula is C36H32Br2N2O6. The second-order valence-corrected chi connectivity index (χ2v) is 14.3. The van der Waals surface area contributed by atoms with E-state index in [1.165, 1.54) is 16.9 Å². The third kappa shape index (κ3) is 4.22. The van der Waals surface area contributed by atoms with Crippen LogP contribution in [0.5, 0.6) is 11.5 Å². The van der Waals surface area contributed by atoms with Crippen molar-refractivity contribution in [1.29, 1.82) is 0 Å². The number of carbonyl (C=O) groups excluding carboxylic acids is 4. The molecule has 2 aliphatic carbocycles. The summed E-state index contributed by atoms with van der Waals surface area (Å²) >= 11 is 7.15. The highest BCUT2D eigenvalue weighted by Crippen LogP contribution is 2.65. The van der Waals surface area contributed by atoms with Crippen molar-refractivity contribution in [2.24, 2.45) is 29.1 Å². The molecule has 4 aliphatic rings. The van der Waals surface area contributed by atoms with Gasteiger partial charge in [-0.2, -0.15) is 0 Å². The molecule has 8 nitrogen and oxygen atoms in total. The molecule has 6 atom stereocenters. The summed E-state index contributed by atoms with van der Waals surface area (Å²) in [5.74, 6) is -4.22. The largest absolute Gasteiger partial charge is 0.503 e. The molecule has 6 unspecified atom stereocenters. The van der Waals surface area contributed by atoms with Crippen molar-refractivity contribution in [2.45, 2.75) is 39.0 Å². The maximum atomic E-state index is 14.6. The number of amides is 4. The number of methoxy groups -OCH3 is 1. The zero-order valence-electron chi connectivity index (χ0n) is 25.5. The van der Waals surface area contributed by atoms with Crippen molar-refractivity contribution in [2.75, 3.05) is 16.9 Å². The minimum atomic E-state index is -1.23. The van der Waals surface area contributed by atoms with E-state index in [0.717, 1.165) is 17.6 Å². The number of nitrogens with zero attached hydrogens (tertiary/aromatic N) is 2. The first-order valence-corrected chi connectivity index (χ1v) is 17.0. The fraction of sp³-hybridized carbons (Fsp3) is 0.333. The molecule has 2 saturated heterocycles. The number of carbonyl (C=O) groups is 4. The minimum Gasteiger partial charge on any atom is -0.503 e. The van der Waals surface area contributed by atoms with E-state index in [9.17, 15) is 24.3 Å². The van der Waals surface area contributed by atoms with Crippen LogP contribution in [-0.4, -0.2) is 35.8 Å². The number of fused-ring (bicyclic) bond motifs is 4. The van der Waals surface area contributed by atoms with Crippen LogP contribution in [0.3, 0.4) is 0 Å². The Bertz CT molecular complexity index is 1840. The highest BCUT2D eigenvalue weighted by molar-refractivity contribution is 9.13. The summed E-state index contributed by atoms with van der Waals surface area (Å²) in [5, 5.41) is 10.8. The molecule has 236 valence electrons. The van der Waals surface area contributed by atoms with Crippen molar-refractivity contribution in [3.05, 3.63) is 92.4 Å². The van der Waals surface area contributed by atoms with Crippen LogP contribution >= 0.6 is 31.9 Å². The van der Waals surface area contributed by atoms with E-state index < -0.39 is 35.0 Å². The first-order valence-electron chi connectivity index (χ1n) is 15.4. The Morgan fingerprint density at radius 2 is 1.57 bits per heavy atom. The summed E-state index contributed by atoms with van der Waals surface area (Å²) in [6.45, 7) is 3.88. The lowest BCUT2D eigenvalue weighted by molar-refractivity contribution is -0.131. The average Bonchev–Trinajstić information content (AvgIpc) is 3.44. The molecule has 2 heterocycles. The molecule has 1 N–H and O–H groups in total. The molecule has 46 heavy (non-hydrogen) atoms. The number of hydrogen-bond acceptors (Lipinski definition) is 6. The van der Waals surface area contributed by atoms with Gasteiger partial charge in [0.15, 0.2) is 11.5 Å². The van der Waals surface area contributed by atoms with E-state index >= 15 is 0 Å². The average molecular weight is 748 g/mol. The van der Waals surface area contributed by atoms with Gasteiger partial charge in [0, 0.05) is 10.4 Å². The normalized spacial score (nSPS) is 28.6. The van der Waals surface area contributed by atoms with Crippen molar-refractivity contribution in [3.63, 3.8) is 0 Å². The first kappa shape index (κ1) is 30.9. The molecule has 10 heteroatoms. The van der Waals surface area contributed by atoms with Gasteiger partial charge < -0.3 is 9.84 Å². The highest BCUT2D eigenvalue weighted by atomic mass is 79.9. The summed E-state index contributed by atoms with van der Waals surface area (Å²) in [6.07, 6.45) is 3.43. The van der Waals surface area contributed by atoms with Crippen molar-refractivity contribution < 1.29 is 29.0 Å². The van der Waals surface area contributed by atoms with Crippen LogP contribution in [0, 0.1) is 29.1 Å². The second kappa shape index (κ2) is 11.2. The van der Waals surface area contributed by atoms with E-state index in [1.807, 2.05) is 50.3 Å². The Morgan fingerprint density at radius 1 is 0.891 bits per heavy atom. The molecule has 3 aromatic rings. The smallest absolute Gasteiger partial charge is 0.241 e. The van der Waals surface area contributed by atoms with Gasteiger partial charge in [0.2, 0.25) is 23.6 Å². The number of imide groups is 2. The van der Waals surface area contributed by atoms with Gasteiger partial charge >= 0.3 is 0 Å². The number of para-hydroxylation sites is 1. The quantitative estimate of drug-likeness (QED) is 0.225. The van der Waals surface area contributed by atoms with Crippen LogP contribution in [0.15, 0.2) is 81.3 Å². The molecule has 4 amide bonds. The number of aromatic hydroxyl groups is 1. The third-order valence-corrected chi connectivity index (χ3v) is 12.8. The van der Waals surface area contributed by atoms with Gasteiger partial charge in [0.1, 0.15) is 0 Å². The lowest BCUT2D eigenvalue weighted by atomic mass is 9.51. The van der Waals surface area contributed by atoms with Gasteiger partial charge in [-0.05, 0) is 105 Å². The van der Waals surface area contributed by atoms with Crippen LogP contribution in [0.4, 0.5) is 11.4 Å². The van der Waals surface area contributed by atoms with Gasteiger partial charge in [0.25, 0.3) is 0 Å². The van der Waals surface area contributed by atoms with Gasteiger partial charge in [-0.15, -0.1) is 0 Å². The van der Waals surface area contributed by atoms with Crippen LogP contribution in [-0.2, 0) is 25.6 Å². The predicted octanol–water partition coefficient (Wildman–Crippen LogP) is 6.92.